The van der Waals surface area contributed by atoms with E-state index in [1.807, 2.05) is 13.0 Å². The van der Waals surface area contributed by atoms with E-state index in [0.717, 1.165) is 6.07 Å². The molecular formula is C10H12FN3. The van der Waals surface area contributed by atoms with Gasteiger partial charge >= 0.3 is 0 Å². The Kier molecular flexibility index (Phi) is 3.05. The number of hydrogen-bond donors (Lipinski definition) is 2. The van der Waals surface area contributed by atoms with E-state index in [-0.39, 0.29) is 17.3 Å². The van der Waals surface area contributed by atoms with Crippen molar-refractivity contribution in [3.8, 4) is 6.07 Å². The monoisotopic (exact) mass is 193 g/mol. The second-order valence-corrected chi connectivity index (χ2v) is 3.08. The van der Waals surface area contributed by atoms with Gasteiger partial charge in [0.1, 0.15) is 11.9 Å². The summed E-state index contributed by atoms with van der Waals surface area (Å²) >= 11 is 0. The summed E-state index contributed by atoms with van der Waals surface area (Å²) in [5.74, 6) is -0.477. The number of hydrogen-bond acceptors (Lipinski definition) is 3. The molecule has 0 fully saturated rings. The lowest BCUT2D eigenvalue weighted by Gasteiger charge is -2.13. The van der Waals surface area contributed by atoms with Gasteiger partial charge in [0, 0.05) is 6.04 Å². The van der Waals surface area contributed by atoms with Crippen molar-refractivity contribution in [1.29, 1.82) is 5.26 Å². The molecule has 1 unspecified atom stereocenters. The smallest absolute Gasteiger partial charge is 0.125 e. The van der Waals surface area contributed by atoms with Crippen LogP contribution in [0.3, 0.4) is 0 Å². The fraction of sp³-hybridized carbons (Fsp3) is 0.300. The van der Waals surface area contributed by atoms with E-state index in [2.05, 4.69) is 0 Å². The van der Waals surface area contributed by atoms with E-state index < -0.39 is 5.82 Å². The van der Waals surface area contributed by atoms with Crippen LogP contribution in [0, 0.1) is 17.1 Å². The first-order chi connectivity index (χ1) is 6.60. The summed E-state index contributed by atoms with van der Waals surface area (Å²) in [6, 6.07) is 3.91. The Balaban J connectivity index is 3.30. The summed E-state index contributed by atoms with van der Waals surface area (Å²) < 4.78 is 13.0. The molecule has 0 amide bonds. The SMILES string of the molecule is CCC(N)c1cc(F)cc(C#N)c1N. The fourth-order valence-electron chi connectivity index (χ4n) is 1.26. The Hall–Kier alpha value is -1.60. The number of anilines is 1. The highest BCUT2D eigenvalue weighted by Crippen LogP contribution is 2.25. The number of nitriles is 1. The molecule has 1 aromatic carbocycles. The Morgan fingerprint density at radius 1 is 1.57 bits per heavy atom. The first-order valence-corrected chi connectivity index (χ1v) is 4.34. The summed E-state index contributed by atoms with van der Waals surface area (Å²) in [4.78, 5) is 0. The Labute approximate surface area is 82.1 Å². The van der Waals surface area contributed by atoms with Crippen molar-refractivity contribution >= 4 is 5.69 Å². The number of rotatable bonds is 2. The minimum Gasteiger partial charge on any atom is -0.397 e. The average Bonchev–Trinajstić information content (AvgIpc) is 2.19. The minimum absolute atomic E-state index is 0.143. The predicted molar refractivity (Wildman–Crippen MR) is 52.7 cm³/mol. The molecule has 1 aromatic rings. The van der Waals surface area contributed by atoms with Gasteiger partial charge in [-0.05, 0) is 24.1 Å². The zero-order valence-corrected chi connectivity index (χ0v) is 7.92. The third kappa shape index (κ3) is 1.83. The molecule has 0 radical (unpaired) electrons. The van der Waals surface area contributed by atoms with E-state index in [0.29, 0.717) is 12.0 Å². The van der Waals surface area contributed by atoms with Crippen molar-refractivity contribution in [1.82, 2.24) is 0 Å². The molecule has 0 aliphatic carbocycles. The zero-order valence-electron chi connectivity index (χ0n) is 7.92. The van der Waals surface area contributed by atoms with Crippen LogP contribution < -0.4 is 11.5 Å². The molecule has 14 heavy (non-hydrogen) atoms. The maximum atomic E-state index is 13.0. The molecule has 4 heteroatoms. The lowest BCUT2D eigenvalue weighted by molar-refractivity contribution is 0.617. The van der Waals surface area contributed by atoms with Crippen molar-refractivity contribution in [2.75, 3.05) is 5.73 Å². The van der Waals surface area contributed by atoms with Crippen molar-refractivity contribution in [2.45, 2.75) is 19.4 Å². The van der Waals surface area contributed by atoms with E-state index >= 15 is 0 Å². The van der Waals surface area contributed by atoms with E-state index in [9.17, 15) is 4.39 Å². The number of halogens is 1. The molecule has 0 aliphatic rings. The summed E-state index contributed by atoms with van der Waals surface area (Å²) in [6.45, 7) is 1.88. The van der Waals surface area contributed by atoms with Crippen LogP contribution >= 0.6 is 0 Å². The molecule has 0 spiro atoms. The quantitative estimate of drug-likeness (QED) is 0.702. The van der Waals surface area contributed by atoms with Crippen molar-refractivity contribution in [3.05, 3.63) is 29.1 Å². The van der Waals surface area contributed by atoms with Gasteiger partial charge in [0.05, 0.1) is 11.3 Å². The van der Waals surface area contributed by atoms with Crippen LogP contribution in [0.2, 0.25) is 0 Å². The molecular weight excluding hydrogens is 181 g/mol. The highest BCUT2D eigenvalue weighted by Gasteiger charge is 2.12. The van der Waals surface area contributed by atoms with Crippen molar-refractivity contribution in [2.24, 2.45) is 5.73 Å². The number of benzene rings is 1. The third-order valence-corrected chi connectivity index (χ3v) is 2.14. The molecule has 1 rings (SSSR count). The molecule has 0 aromatic heterocycles. The first kappa shape index (κ1) is 10.5. The predicted octanol–water partition coefficient (Wildman–Crippen LogP) is 1.69. The highest BCUT2D eigenvalue weighted by molar-refractivity contribution is 5.60. The van der Waals surface area contributed by atoms with Crippen LogP contribution in [0.1, 0.15) is 30.5 Å². The first-order valence-electron chi connectivity index (χ1n) is 4.34. The molecule has 0 saturated carbocycles. The van der Waals surface area contributed by atoms with E-state index in [1.54, 1.807) is 0 Å². The van der Waals surface area contributed by atoms with Crippen LogP contribution in [0.5, 0.6) is 0 Å². The van der Waals surface area contributed by atoms with Gasteiger partial charge < -0.3 is 11.5 Å². The summed E-state index contributed by atoms with van der Waals surface area (Å²) in [7, 11) is 0. The second kappa shape index (κ2) is 4.07. The molecule has 0 heterocycles. The van der Waals surface area contributed by atoms with Crippen LogP contribution in [0.15, 0.2) is 12.1 Å². The van der Waals surface area contributed by atoms with Gasteiger partial charge in [0.25, 0.3) is 0 Å². The summed E-state index contributed by atoms with van der Waals surface area (Å²) in [5.41, 5.74) is 12.3. The second-order valence-electron chi connectivity index (χ2n) is 3.08. The normalized spacial score (nSPS) is 12.1. The molecule has 74 valence electrons. The standard InChI is InChI=1S/C10H12FN3/c1-2-9(13)8-4-7(11)3-6(5-12)10(8)14/h3-4,9H,2,13-14H2,1H3. The molecule has 0 aliphatic heterocycles. The Bertz CT molecular complexity index is 382. The molecule has 1 atom stereocenters. The molecule has 3 nitrogen and oxygen atoms in total. The molecule has 0 saturated heterocycles. The van der Waals surface area contributed by atoms with Crippen molar-refractivity contribution in [3.63, 3.8) is 0 Å². The van der Waals surface area contributed by atoms with Crippen LogP contribution in [0.4, 0.5) is 10.1 Å². The summed E-state index contributed by atoms with van der Waals surface area (Å²) in [6.07, 6.45) is 0.651. The van der Waals surface area contributed by atoms with E-state index in [4.69, 9.17) is 16.7 Å². The third-order valence-electron chi connectivity index (χ3n) is 2.14. The fourth-order valence-corrected chi connectivity index (χ4v) is 1.26. The Morgan fingerprint density at radius 3 is 2.71 bits per heavy atom. The van der Waals surface area contributed by atoms with Gasteiger partial charge in [0.2, 0.25) is 0 Å². The summed E-state index contributed by atoms with van der Waals surface area (Å²) in [5, 5.41) is 8.68. The van der Waals surface area contributed by atoms with Gasteiger partial charge in [-0.25, -0.2) is 4.39 Å². The maximum Gasteiger partial charge on any atom is 0.125 e. The maximum absolute atomic E-state index is 13.0. The van der Waals surface area contributed by atoms with E-state index in [1.165, 1.54) is 6.07 Å². The zero-order chi connectivity index (χ0) is 10.7. The number of nitrogens with zero attached hydrogens (tertiary/aromatic N) is 1. The largest absolute Gasteiger partial charge is 0.397 e. The van der Waals surface area contributed by atoms with Gasteiger partial charge in [-0.1, -0.05) is 6.92 Å². The lowest BCUT2D eigenvalue weighted by Crippen LogP contribution is -2.12. The lowest BCUT2D eigenvalue weighted by atomic mass is 10.00. The average molecular weight is 193 g/mol. The van der Waals surface area contributed by atoms with Gasteiger partial charge in [-0.3, -0.25) is 0 Å². The minimum atomic E-state index is -0.477. The number of nitrogen functional groups attached to an aromatic ring is 1. The topological polar surface area (TPSA) is 75.8 Å². The van der Waals surface area contributed by atoms with Gasteiger partial charge in [0.15, 0.2) is 0 Å². The molecule has 4 N–H and O–H groups in total. The van der Waals surface area contributed by atoms with Gasteiger partial charge in [-0.2, -0.15) is 5.26 Å². The van der Waals surface area contributed by atoms with Crippen LogP contribution in [-0.4, -0.2) is 0 Å². The van der Waals surface area contributed by atoms with Crippen LogP contribution in [0.25, 0.3) is 0 Å². The Morgan fingerprint density at radius 2 is 2.21 bits per heavy atom. The molecule has 0 bridgehead atoms. The highest BCUT2D eigenvalue weighted by atomic mass is 19.1. The van der Waals surface area contributed by atoms with Crippen LogP contribution in [-0.2, 0) is 0 Å². The van der Waals surface area contributed by atoms with Gasteiger partial charge in [-0.15, -0.1) is 0 Å². The number of nitrogens with two attached hydrogens (primary N) is 2. The van der Waals surface area contributed by atoms with Crippen molar-refractivity contribution < 1.29 is 4.39 Å².